The molecule has 0 aromatic heterocycles. The van der Waals surface area contributed by atoms with Crippen LogP contribution in [0.5, 0.6) is 0 Å². The molecule has 0 bridgehead atoms. The Morgan fingerprint density at radius 2 is 1.29 bits per heavy atom. The lowest BCUT2D eigenvalue weighted by Gasteiger charge is -2.15. The van der Waals surface area contributed by atoms with Crippen molar-refractivity contribution >= 4 is 7.82 Å². The third-order valence-corrected chi connectivity index (χ3v) is 2.74. The smallest absolute Gasteiger partial charge is 0.382 e. The molecule has 0 aliphatic rings. The van der Waals surface area contributed by atoms with Crippen LogP contribution in [-0.4, -0.2) is 47.8 Å². The summed E-state index contributed by atoms with van der Waals surface area (Å²) in [5.41, 5.74) is 0. The Hall–Kier alpha value is 0.0300. The van der Waals surface area contributed by atoms with Gasteiger partial charge in [-0.15, -0.1) is 0 Å². The zero-order chi connectivity index (χ0) is 10.9. The summed E-state index contributed by atoms with van der Waals surface area (Å²) in [6.07, 6.45) is 0. The maximum atomic E-state index is 11.6. The van der Waals surface area contributed by atoms with Gasteiger partial charge in [0.2, 0.25) is 0 Å². The minimum absolute atomic E-state index is 0.161. The van der Waals surface area contributed by atoms with Crippen molar-refractivity contribution in [2.75, 3.05) is 47.8 Å². The molecule has 0 radical (unpaired) electrons. The fraction of sp³-hybridized carbons (Fsp3) is 1.00. The summed E-state index contributed by atoms with van der Waals surface area (Å²) in [5, 5.41) is 0. The van der Waals surface area contributed by atoms with Crippen LogP contribution in [0.15, 0.2) is 0 Å². The first kappa shape index (κ1) is 14.0. The monoisotopic (exact) mass is 228 g/mol. The van der Waals surface area contributed by atoms with Crippen LogP contribution in [0.2, 0.25) is 0 Å². The first-order valence-electron chi connectivity index (χ1n) is 4.11. The van der Waals surface area contributed by atoms with Crippen LogP contribution in [0.25, 0.3) is 0 Å². The van der Waals surface area contributed by atoms with Gasteiger partial charge in [-0.25, -0.2) is 4.57 Å². The van der Waals surface area contributed by atoms with Crippen molar-refractivity contribution in [1.82, 2.24) is 0 Å². The molecule has 0 rings (SSSR count). The van der Waals surface area contributed by atoms with E-state index in [1.165, 1.54) is 21.3 Å². The molecule has 0 aromatic rings. The lowest BCUT2D eigenvalue weighted by Crippen LogP contribution is -2.06. The lowest BCUT2D eigenvalue weighted by molar-refractivity contribution is 0.0752. The number of hydrogen-bond donors (Lipinski definition) is 0. The molecule has 0 fully saturated rings. The van der Waals surface area contributed by atoms with Gasteiger partial charge in [0.15, 0.2) is 0 Å². The van der Waals surface area contributed by atoms with Crippen molar-refractivity contribution in [3.63, 3.8) is 0 Å². The first-order chi connectivity index (χ1) is 6.68. The number of phosphoric acid groups is 1. The van der Waals surface area contributed by atoms with Gasteiger partial charge in [0.05, 0.1) is 26.4 Å². The Morgan fingerprint density at radius 1 is 0.857 bits per heavy atom. The van der Waals surface area contributed by atoms with Gasteiger partial charge in [0.1, 0.15) is 0 Å². The number of ether oxygens (including phenoxy) is 2. The molecule has 86 valence electrons. The first-order valence-corrected chi connectivity index (χ1v) is 5.57. The lowest BCUT2D eigenvalue weighted by atomic mass is 10.8. The van der Waals surface area contributed by atoms with Gasteiger partial charge in [-0.05, 0) is 0 Å². The summed E-state index contributed by atoms with van der Waals surface area (Å²) in [5.74, 6) is 0. The average Bonchev–Trinajstić information content (AvgIpc) is 2.19. The van der Waals surface area contributed by atoms with Crippen molar-refractivity contribution in [3.8, 4) is 0 Å². The Morgan fingerprint density at radius 3 is 1.57 bits per heavy atom. The largest absolute Gasteiger partial charge is 0.474 e. The van der Waals surface area contributed by atoms with Crippen LogP contribution in [-0.2, 0) is 27.6 Å². The van der Waals surface area contributed by atoms with Crippen LogP contribution in [0, 0.1) is 0 Å². The molecular weight excluding hydrogens is 211 g/mol. The quantitative estimate of drug-likeness (QED) is 0.434. The molecule has 6 nitrogen and oxygen atoms in total. The van der Waals surface area contributed by atoms with E-state index in [0.717, 1.165) is 0 Å². The third kappa shape index (κ3) is 6.48. The molecule has 0 aromatic carbocycles. The van der Waals surface area contributed by atoms with Crippen LogP contribution >= 0.6 is 7.82 Å². The summed E-state index contributed by atoms with van der Waals surface area (Å²) in [7, 11) is 0.886. The third-order valence-electron chi connectivity index (χ3n) is 1.30. The van der Waals surface area contributed by atoms with Gasteiger partial charge in [0, 0.05) is 21.3 Å². The second kappa shape index (κ2) is 8.35. The van der Waals surface area contributed by atoms with Gasteiger partial charge >= 0.3 is 7.82 Å². The molecule has 0 atom stereocenters. The summed E-state index contributed by atoms with van der Waals surface area (Å²) < 4.78 is 35.4. The summed E-state index contributed by atoms with van der Waals surface area (Å²) in [6.45, 7) is 0.991. The van der Waals surface area contributed by atoms with Gasteiger partial charge in [0.25, 0.3) is 0 Å². The SMILES string of the molecule is COCCOP(=O)(OC)OCCOC. The molecule has 0 heterocycles. The van der Waals surface area contributed by atoms with Gasteiger partial charge < -0.3 is 9.47 Å². The van der Waals surface area contributed by atoms with Crippen molar-refractivity contribution < 1.29 is 27.6 Å². The van der Waals surface area contributed by atoms with E-state index in [1.54, 1.807) is 0 Å². The molecule has 0 spiro atoms. The standard InChI is InChI=1S/C7H17O6P/c1-9-4-6-12-14(8,11-3)13-7-5-10-2/h4-7H2,1-3H3. The second-order valence-corrected chi connectivity index (χ2v) is 4.06. The van der Waals surface area contributed by atoms with E-state index >= 15 is 0 Å². The van der Waals surface area contributed by atoms with Crippen molar-refractivity contribution in [3.05, 3.63) is 0 Å². The molecular formula is C7H17O6P. The zero-order valence-corrected chi connectivity index (χ0v) is 9.62. The van der Waals surface area contributed by atoms with Gasteiger partial charge in [-0.1, -0.05) is 0 Å². The highest BCUT2D eigenvalue weighted by Crippen LogP contribution is 2.48. The highest BCUT2D eigenvalue weighted by Gasteiger charge is 2.24. The normalized spacial score (nSPS) is 11.9. The molecule has 0 saturated heterocycles. The maximum Gasteiger partial charge on any atom is 0.474 e. The number of methoxy groups -OCH3 is 2. The topological polar surface area (TPSA) is 63.2 Å². The van der Waals surface area contributed by atoms with Crippen LogP contribution in [0.1, 0.15) is 0 Å². The number of phosphoric ester groups is 1. The molecule has 7 heteroatoms. The van der Waals surface area contributed by atoms with E-state index in [0.29, 0.717) is 13.2 Å². The Labute approximate surface area is 84.0 Å². The molecule has 0 saturated carbocycles. The minimum atomic E-state index is -3.42. The van der Waals surface area contributed by atoms with Crippen LogP contribution in [0.3, 0.4) is 0 Å². The molecule has 0 aliphatic carbocycles. The highest BCUT2D eigenvalue weighted by atomic mass is 31.2. The van der Waals surface area contributed by atoms with E-state index in [4.69, 9.17) is 18.5 Å². The van der Waals surface area contributed by atoms with Gasteiger partial charge in [-0.2, -0.15) is 0 Å². The molecule has 0 N–H and O–H groups in total. The maximum absolute atomic E-state index is 11.6. The minimum Gasteiger partial charge on any atom is -0.382 e. The van der Waals surface area contributed by atoms with E-state index in [-0.39, 0.29) is 13.2 Å². The van der Waals surface area contributed by atoms with Crippen LogP contribution in [0.4, 0.5) is 0 Å². The molecule has 0 unspecified atom stereocenters. The summed E-state index contributed by atoms with van der Waals surface area (Å²) in [4.78, 5) is 0. The number of rotatable bonds is 9. The predicted octanol–water partition coefficient (Wildman–Crippen LogP) is 1.07. The molecule has 14 heavy (non-hydrogen) atoms. The van der Waals surface area contributed by atoms with Crippen LogP contribution < -0.4 is 0 Å². The average molecular weight is 228 g/mol. The fourth-order valence-corrected chi connectivity index (χ4v) is 1.49. The molecule has 0 amide bonds. The zero-order valence-electron chi connectivity index (χ0n) is 8.73. The van der Waals surface area contributed by atoms with Crippen molar-refractivity contribution in [1.29, 1.82) is 0 Å². The van der Waals surface area contributed by atoms with Gasteiger partial charge in [-0.3, -0.25) is 13.6 Å². The number of hydrogen-bond acceptors (Lipinski definition) is 6. The summed E-state index contributed by atoms with van der Waals surface area (Å²) in [6, 6.07) is 0. The second-order valence-electron chi connectivity index (χ2n) is 2.28. The van der Waals surface area contributed by atoms with Crippen molar-refractivity contribution in [2.24, 2.45) is 0 Å². The molecule has 0 aliphatic heterocycles. The summed E-state index contributed by atoms with van der Waals surface area (Å²) >= 11 is 0. The highest BCUT2D eigenvalue weighted by molar-refractivity contribution is 7.48. The Balaban J connectivity index is 3.74. The predicted molar refractivity (Wildman–Crippen MR) is 50.3 cm³/mol. The van der Waals surface area contributed by atoms with Crippen molar-refractivity contribution in [2.45, 2.75) is 0 Å². The van der Waals surface area contributed by atoms with E-state index in [2.05, 4.69) is 4.52 Å². The fourth-order valence-electron chi connectivity index (χ4n) is 0.607. The Bertz CT molecular complexity index is 160. The van der Waals surface area contributed by atoms with E-state index in [9.17, 15) is 4.57 Å². The van der Waals surface area contributed by atoms with E-state index < -0.39 is 7.82 Å². The Kier molecular flexibility index (Phi) is 8.37. The van der Waals surface area contributed by atoms with E-state index in [1.807, 2.05) is 0 Å².